The summed E-state index contributed by atoms with van der Waals surface area (Å²) in [5.74, 6) is -0.247. The van der Waals surface area contributed by atoms with Gasteiger partial charge in [0.2, 0.25) is 5.91 Å². The van der Waals surface area contributed by atoms with Gasteiger partial charge in [0.1, 0.15) is 5.75 Å². The molecule has 1 heterocycles. The standard InChI is InChI=1S/C16H19NO4/c1-16(15(19)20)9-10-17(11-16)14(18)8-5-12-3-6-13(21-2)7-4-12/h3-8H,9-11H2,1-2H3,(H,19,20). The number of carboxylic acids is 1. The molecule has 112 valence electrons. The molecule has 0 radical (unpaired) electrons. The maximum absolute atomic E-state index is 12.1. The normalized spacial score (nSPS) is 21.7. The first-order valence-electron chi connectivity index (χ1n) is 6.79. The van der Waals surface area contributed by atoms with Crippen LogP contribution in [-0.4, -0.2) is 42.1 Å². The Bertz CT molecular complexity index is 564. The zero-order valence-electron chi connectivity index (χ0n) is 12.2. The largest absolute Gasteiger partial charge is 0.497 e. The van der Waals surface area contributed by atoms with Crippen LogP contribution in [0.25, 0.3) is 6.08 Å². The lowest BCUT2D eigenvalue weighted by Gasteiger charge is -2.18. The first kappa shape index (κ1) is 15.1. The van der Waals surface area contributed by atoms with E-state index in [-0.39, 0.29) is 12.5 Å². The predicted octanol–water partition coefficient (Wildman–Crippen LogP) is 2.03. The van der Waals surface area contributed by atoms with Crippen molar-refractivity contribution in [1.82, 2.24) is 4.90 Å². The summed E-state index contributed by atoms with van der Waals surface area (Å²) in [7, 11) is 1.60. The number of ether oxygens (including phenoxy) is 1. The molecule has 0 bridgehead atoms. The third-order valence-corrected chi connectivity index (χ3v) is 3.84. The first-order chi connectivity index (χ1) is 9.94. The molecule has 1 saturated heterocycles. The van der Waals surface area contributed by atoms with Crippen molar-refractivity contribution < 1.29 is 19.4 Å². The minimum Gasteiger partial charge on any atom is -0.497 e. The SMILES string of the molecule is COc1ccc(C=CC(=O)N2CCC(C)(C(=O)O)C2)cc1. The van der Waals surface area contributed by atoms with Crippen LogP contribution in [0.2, 0.25) is 0 Å². The fourth-order valence-electron chi connectivity index (χ4n) is 2.31. The molecular weight excluding hydrogens is 270 g/mol. The van der Waals surface area contributed by atoms with Gasteiger partial charge in [0.15, 0.2) is 0 Å². The van der Waals surface area contributed by atoms with Crippen LogP contribution >= 0.6 is 0 Å². The number of likely N-dealkylation sites (tertiary alicyclic amines) is 1. The van der Waals surface area contributed by atoms with Crippen LogP contribution < -0.4 is 4.74 Å². The van der Waals surface area contributed by atoms with Gasteiger partial charge in [-0.05, 0) is 37.1 Å². The highest BCUT2D eigenvalue weighted by molar-refractivity contribution is 5.92. The highest BCUT2D eigenvalue weighted by Crippen LogP contribution is 2.30. The lowest BCUT2D eigenvalue weighted by Crippen LogP contribution is -2.34. The highest BCUT2D eigenvalue weighted by Gasteiger charge is 2.41. The third kappa shape index (κ3) is 3.42. The number of hydrogen-bond acceptors (Lipinski definition) is 3. The molecule has 0 aromatic heterocycles. The molecule has 1 N–H and O–H groups in total. The molecule has 1 aromatic carbocycles. The van der Waals surface area contributed by atoms with Crippen LogP contribution in [0.5, 0.6) is 5.75 Å². The van der Waals surface area contributed by atoms with Gasteiger partial charge in [-0.2, -0.15) is 0 Å². The van der Waals surface area contributed by atoms with Crippen molar-refractivity contribution in [3.05, 3.63) is 35.9 Å². The van der Waals surface area contributed by atoms with Crippen molar-refractivity contribution in [3.8, 4) is 5.75 Å². The lowest BCUT2D eigenvalue weighted by atomic mass is 9.90. The number of amides is 1. The fraction of sp³-hybridized carbons (Fsp3) is 0.375. The summed E-state index contributed by atoms with van der Waals surface area (Å²) in [6, 6.07) is 7.35. The van der Waals surface area contributed by atoms with Gasteiger partial charge in [-0.1, -0.05) is 12.1 Å². The Morgan fingerprint density at radius 2 is 2.00 bits per heavy atom. The van der Waals surface area contributed by atoms with Crippen molar-refractivity contribution in [1.29, 1.82) is 0 Å². The molecule has 2 rings (SSSR count). The van der Waals surface area contributed by atoms with Gasteiger partial charge < -0.3 is 14.7 Å². The molecule has 1 atom stereocenters. The van der Waals surface area contributed by atoms with Crippen LogP contribution in [0.4, 0.5) is 0 Å². The molecule has 0 aliphatic carbocycles. The van der Waals surface area contributed by atoms with Crippen LogP contribution in [0.1, 0.15) is 18.9 Å². The minimum absolute atomic E-state index is 0.157. The molecule has 1 fully saturated rings. The topological polar surface area (TPSA) is 66.8 Å². The monoisotopic (exact) mass is 289 g/mol. The molecule has 0 spiro atoms. The lowest BCUT2D eigenvalue weighted by molar-refractivity contribution is -0.147. The Balaban J connectivity index is 1.98. The van der Waals surface area contributed by atoms with Crippen LogP contribution in [0.3, 0.4) is 0 Å². The van der Waals surface area contributed by atoms with E-state index >= 15 is 0 Å². The van der Waals surface area contributed by atoms with E-state index in [0.717, 1.165) is 11.3 Å². The average Bonchev–Trinajstić information content (AvgIpc) is 2.89. The summed E-state index contributed by atoms with van der Waals surface area (Å²) < 4.78 is 5.07. The highest BCUT2D eigenvalue weighted by atomic mass is 16.5. The number of methoxy groups -OCH3 is 1. The van der Waals surface area contributed by atoms with Crippen molar-refractivity contribution >= 4 is 18.0 Å². The quantitative estimate of drug-likeness (QED) is 0.861. The number of hydrogen-bond donors (Lipinski definition) is 1. The molecule has 0 saturated carbocycles. The molecule has 5 heteroatoms. The molecule has 5 nitrogen and oxygen atoms in total. The summed E-state index contributed by atoms with van der Waals surface area (Å²) in [6.45, 7) is 2.42. The molecule has 1 aliphatic rings. The first-order valence-corrected chi connectivity index (χ1v) is 6.79. The van der Waals surface area contributed by atoms with E-state index in [1.54, 1.807) is 25.0 Å². The maximum Gasteiger partial charge on any atom is 0.311 e. The third-order valence-electron chi connectivity index (χ3n) is 3.84. The van der Waals surface area contributed by atoms with E-state index in [2.05, 4.69) is 0 Å². The molecule has 1 aliphatic heterocycles. The van der Waals surface area contributed by atoms with E-state index in [1.807, 2.05) is 24.3 Å². The summed E-state index contributed by atoms with van der Waals surface area (Å²) >= 11 is 0. The number of carbonyl (C=O) groups is 2. The number of rotatable bonds is 4. The van der Waals surface area contributed by atoms with E-state index in [0.29, 0.717) is 13.0 Å². The Labute approximate surface area is 123 Å². The zero-order valence-corrected chi connectivity index (χ0v) is 12.2. The number of carboxylic acid groups (broad SMARTS) is 1. The summed E-state index contributed by atoms with van der Waals surface area (Å²) in [5, 5.41) is 9.16. The van der Waals surface area contributed by atoms with Crippen molar-refractivity contribution in [2.45, 2.75) is 13.3 Å². The Morgan fingerprint density at radius 1 is 1.33 bits per heavy atom. The average molecular weight is 289 g/mol. The van der Waals surface area contributed by atoms with Gasteiger partial charge in [-0.15, -0.1) is 0 Å². The molecule has 1 amide bonds. The maximum atomic E-state index is 12.1. The van der Waals surface area contributed by atoms with E-state index in [1.165, 1.54) is 6.08 Å². The molecule has 1 aromatic rings. The van der Waals surface area contributed by atoms with Crippen LogP contribution in [0, 0.1) is 5.41 Å². The van der Waals surface area contributed by atoms with Gasteiger partial charge in [-0.25, -0.2) is 0 Å². The van der Waals surface area contributed by atoms with Crippen LogP contribution in [-0.2, 0) is 9.59 Å². The zero-order chi connectivity index (χ0) is 15.5. The van der Waals surface area contributed by atoms with Crippen molar-refractivity contribution in [2.75, 3.05) is 20.2 Å². The van der Waals surface area contributed by atoms with Gasteiger partial charge in [0.05, 0.1) is 12.5 Å². The predicted molar refractivity (Wildman–Crippen MR) is 79.0 cm³/mol. The summed E-state index contributed by atoms with van der Waals surface area (Å²) in [4.78, 5) is 24.8. The van der Waals surface area contributed by atoms with E-state index in [9.17, 15) is 9.59 Å². The number of aliphatic carboxylic acids is 1. The smallest absolute Gasteiger partial charge is 0.311 e. The number of nitrogens with zero attached hydrogens (tertiary/aromatic N) is 1. The van der Waals surface area contributed by atoms with Gasteiger partial charge in [0.25, 0.3) is 0 Å². The fourth-order valence-corrected chi connectivity index (χ4v) is 2.31. The van der Waals surface area contributed by atoms with Crippen molar-refractivity contribution in [2.24, 2.45) is 5.41 Å². The molecular formula is C16H19NO4. The second-order valence-electron chi connectivity index (χ2n) is 5.48. The molecule has 21 heavy (non-hydrogen) atoms. The number of benzene rings is 1. The Hall–Kier alpha value is -2.30. The van der Waals surface area contributed by atoms with Gasteiger partial charge in [-0.3, -0.25) is 9.59 Å². The Kier molecular flexibility index (Phi) is 4.31. The van der Waals surface area contributed by atoms with E-state index < -0.39 is 11.4 Å². The van der Waals surface area contributed by atoms with Gasteiger partial charge >= 0.3 is 5.97 Å². The minimum atomic E-state index is -0.850. The Morgan fingerprint density at radius 3 is 2.52 bits per heavy atom. The van der Waals surface area contributed by atoms with Gasteiger partial charge in [0, 0.05) is 19.2 Å². The second-order valence-corrected chi connectivity index (χ2v) is 5.48. The van der Waals surface area contributed by atoms with Crippen molar-refractivity contribution in [3.63, 3.8) is 0 Å². The summed E-state index contributed by atoms with van der Waals surface area (Å²) in [5.41, 5.74) is 0.0632. The summed E-state index contributed by atoms with van der Waals surface area (Å²) in [6.07, 6.45) is 3.69. The number of carbonyl (C=O) groups excluding carboxylic acids is 1. The van der Waals surface area contributed by atoms with Crippen LogP contribution in [0.15, 0.2) is 30.3 Å². The molecule has 1 unspecified atom stereocenters. The second kappa shape index (κ2) is 5.99. The van der Waals surface area contributed by atoms with E-state index in [4.69, 9.17) is 9.84 Å².